The molecule has 20 heavy (non-hydrogen) atoms. The molecule has 0 bridgehead atoms. The lowest BCUT2D eigenvalue weighted by molar-refractivity contribution is 0.0601. The number of aromatic nitrogens is 1. The van der Waals surface area contributed by atoms with Gasteiger partial charge in [0.25, 0.3) is 0 Å². The Morgan fingerprint density at radius 1 is 1.60 bits per heavy atom. The Morgan fingerprint density at radius 2 is 2.35 bits per heavy atom. The maximum absolute atomic E-state index is 11.9. The first-order chi connectivity index (χ1) is 9.52. The molecule has 0 saturated carbocycles. The molecule has 1 unspecified atom stereocenters. The summed E-state index contributed by atoms with van der Waals surface area (Å²) < 4.78 is 4.85. The molecule has 2 rings (SSSR count). The number of esters is 1. The molecule has 110 valence electrons. The molecule has 1 aromatic heterocycles. The van der Waals surface area contributed by atoms with Crippen molar-refractivity contribution in [2.75, 3.05) is 39.2 Å². The van der Waals surface area contributed by atoms with Crippen molar-refractivity contribution in [1.29, 1.82) is 0 Å². The molecule has 1 aliphatic heterocycles. The zero-order valence-electron chi connectivity index (χ0n) is 12.1. The second kappa shape index (κ2) is 6.41. The van der Waals surface area contributed by atoms with Crippen molar-refractivity contribution in [2.45, 2.75) is 18.9 Å². The Morgan fingerprint density at radius 3 is 3.00 bits per heavy atom. The molecule has 0 aliphatic carbocycles. The molecule has 2 heterocycles. The average Bonchev–Trinajstić information content (AvgIpc) is 2.85. The highest BCUT2D eigenvalue weighted by atomic mass is 35.5. The van der Waals surface area contributed by atoms with Crippen LogP contribution in [-0.4, -0.2) is 56.2 Å². The minimum absolute atomic E-state index is 0.303. The van der Waals surface area contributed by atoms with Gasteiger partial charge in [-0.15, -0.1) is 0 Å². The van der Waals surface area contributed by atoms with Gasteiger partial charge in [-0.2, -0.15) is 0 Å². The van der Waals surface area contributed by atoms with E-state index >= 15 is 0 Å². The monoisotopic (exact) mass is 297 g/mol. The Balaban J connectivity index is 2.33. The van der Waals surface area contributed by atoms with Crippen LogP contribution in [0.3, 0.4) is 0 Å². The van der Waals surface area contributed by atoms with Gasteiger partial charge >= 0.3 is 5.97 Å². The molecule has 0 spiro atoms. The molecule has 0 N–H and O–H groups in total. The smallest absolute Gasteiger partial charge is 0.340 e. The van der Waals surface area contributed by atoms with E-state index in [1.807, 2.05) is 0 Å². The molecule has 5 nitrogen and oxygen atoms in total. The molecule has 1 saturated heterocycles. The minimum Gasteiger partial charge on any atom is -0.465 e. The molecule has 1 aliphatic rings. The number of nitrogens with zero attached hydrogens (tertiary/aromatic N) is 3. The molecule has 1 aromatic rings. The van der Waals surface area contributed by atoms with E-state index in [0.717, 1.165) is 31.6 Å². The second-order valence-corrected chi connectivity index (χ2v) is 5.65. The topological polar surface area (TPSA) is 45.7 Å². The van der Waals surface area contributed by atoms with Crippen LogP contribution in [0.5, 0.6) is 0 Å². The lowest BCUT2D eigenvalue weighted by Crippen LogP contribution is -2.38. The Kier molecular flexibility index (Phi) is 4.83. The van der Waals surface area contributed by atoms with Gasteiger partial charge in [0.2, 0.25) is 0 Å². The first kappa shape index (κ1) is 15.1. The van der Waals surface area contributed by atoms with Crippen LogP contribution in [0.2, 0.25) is 5.15 Å². The normalized spacial score (nSPS) is 18.6. The van der Waals surface area contributed by atoms with Gasteiger partial charge in [-0.05, 0) is 33.0 Å². The molecule has 0 radical (unpaired) electrons. The zero-order valence-corrected chi connectivity index (χ0v) is 12.9. The van der Waals surface area contributed by atoms with Crippen molar-refractivity contribution < 1.29 is 9.53 Å². The van der Waals surface area contributed by atoms with E-state index < -0.39 is 0 Å². The standard InChI is InChI=1S/C14H20ClN3O2/c1-17(2)9-10-5-4-6-18(10)12-8-16-13(15)7-11(12)14(19)20-3/h7-8,10H,4-6,9H2,1-3H3. The molecular weight excluding hydrogens is 278 g/mol. The van der Waals surface area contributed by atoms with Crippen molar-refractivity contribution in [2.24, 2.45) is 0 Å². The van der Waals surface area contributed by atoms with Gasteiger partial charge in [-0.3, -0.25) is 0 Å². The first-order valence-electron chi connectivity index (χ1n) is 6.68. The number of rotatable bonds is 4. The van der Waals surface area contributed by atoms with E-state index in [0.29, 0.717) is 16.8 Å². The summed E-state index contributed by atoms with van der Waals surface area (Å²) in [5, 5.41) is 0.303. The highest BCUT2D eigenvalue weighted by Gasteiger charge is 2.29. The van der Waals surface area contributed by atoms with Crippen molar-refractivity contribution in [1.82, 2.24) is 9.88 Å². The van der Waals surface area contributed by atoms with Gasteiger partial charge in [0, 0.05) is 19.1 Å². The highest BCUT2D eigenvalue weighted by molar-refractivity contribution is 6.29. The molecular formula is C14H20ClN3O2. The van der Waals surface area contributed by atoms with Crippen LogP contribution >= 0.6 is 11.6 Å². The first-order valence-corrected chi connectivity index (χ1v) is 7.06. The lowest BCUT2D eigenvalue weighted by atomic mass is 10.1. The third kappa shape index (κ3) is 3.22. The van der Waals surface area contributed by atoms with Crippen molar-refractivity contribution in [3.05, 3.63) is 23.0 Å². The molecule has 1 atom stereocenters. The Bertz CT molecular complexity index is 493. The number of carbonyl (C=O) groups excluding carboxylic acids is 1. The zero-order chi connectivity index (χ0) is 14.7. The van der Waals surface area contributed by atoms with Crippen molar-refractivity contribution in [3.63, 3.8) is 0 Å². The van der Waals surface area contributed by atoms with Crippen LogP contribution < -0.4 is 4.90 Å². The van der Waals surface area contributed by atoms with Crippen LogP contribution in [-0.2, 0) is 4.74 Å². The van der Waals surface area contributed by atoms with E-state index in [1.54, 1.807) is 12.3 Å². The minimum atomic E-state index is -0.375. The van der Waals surface area contributed by atoms with Crippen LogP contribution in [0, 0.1) is 0 Å². The number of likely N-dealkylation sites (N-methyl/N-ethyl adjacent to an activating group) is 1. The largest absolute Gasteiger partial charge is 0.465 e. The molecule has 1 fully saturated rings. The van der Waals surface area contributed by atoms with E-state index in [1.165, 1.54) is 7.11 Å². The SMILES string of the molecule is COC(=O)c1cc(Cl)ncc1N1CCCC1CN(C)C. The van der Waals surface area contributed by atoms with E-state index in [4.69, 9.17) is 16.3 Å². The summed E-state index contributed by atoms with van der Waals surface area (Å²) in [5.41, 5.74) is 1.30. The average molecular weight is 298 g/mol. The van der Waals surface area contributed by atoms with E-state index in [9.17, 15) is 4.79 Å². The predicted octanol–water partition coefficient (Wildman–Crippen LogP) is 2.05. The van der Waals surface area contributed by atoms with Crippen LogP contribution in [0.4, 0.5) is 5.69 Å². The lowest BCUT2D eigenvalue weighted by Gasteiger charge is -2.29. The summed E-state index contributed by atoms with van der Waals surface area (Å²) in [4.78, 5) is 20.4. The summed E-state index contributed by atoms with van der Waals surface area (Å²) in [5.74, 6) is -0.375. The second-order valence-electron chi connectivity index (χ2n) is 5.27. The Labute approximate surface area is 124 Å². The molecule has 0 amide bonds. The predicted molar refractivity (Wildman–Crippen MR) is 79.5 cm³/mol. The van der Waals surface area contributed by atoms with Gasteiger partial charge in [0.1, 0.15) is 5.15 Å². The number of hydrogen-bond donors (Lipinski definition) is 0. The third-order valence-electron chi connectivity index (χ3n) is 3.52. The summed E-state index contributed by atoms with van der Waals surface area (Å²) in [6.45, 7) is 1.87. The molecule has 6 heteroatoms. The van der Waals surface area contributed by atoms with Gasteiger partial charge in [-0.25, -0.2) is 9.78 Å². The van der Waals surface area contributed by atoms with Crippen molar-refractivity contribution >= 4 is 23.3 Å². The number of methoxy groups -OCH3 is 1. The van der Waals surface area contributed by atoms with E-state index in [2.05, 4.69) is 28.9 Å². The van der Waals surface area contributed by atoms with E-state index in [-0.39, 0.29) is 5.97 Å². The number of hydrogen-bond acceptors (Lipinski definition) is 5. The Hall–Kier alpha value is -1.33. The van der Waals surface area contributed by atoms with Crippen LogP contribution in [0.15, 0.2) is 12.3 Å². The van der Waals surface area contributed by atoms with Crippen LogP contribution in [0.25, 0.3) is 0 Å². The van der Waals surface area contributed by atoms with Gasteiger partial charge in [0.05, 0.1) is 24.6 Å². The number of carbonyl (C=O) groups is 1. The van der Waals surface area contributed by atoms with Gasteiger partial charge in [-0.1, -0.05) is 11.6 Å². The quantitative estimate of drug-likeness (QED) is 0.629. The number of ether oxygens (including phenoxy) is 1. The summed E-state index contributed by atoms with van der Waals surface area (Å²) >= 11 is 5.90. The third-order valence-corrected chi connectivity index (χ3v) is 3.72. The summed E-state index contributed by atoms with van der Waals surface area (Å²) in [6.07, 6.45) is 3.89. The van der Waals surface area contributed by atoms with Crippen molar-refractivity contribution in [3.8, 4) is 0 Å². The fourth-order valence-electron chi connectivity index (χ4n) is 2.69. The fourth-order valence-corrected chi connectivity index (χ4v) is 2.85. The van der Waals surface area contributed by atoms with Crippen LogP contribution in [0.1, 0.15) is 23.2 Å². The highest BCUT2D eigenvalue weighted by Crippen LogP contribution is 2.30. The van der Waals surface area contributed by atoms with Gasteiger partial charge < -0.3 is 14.5 Å². The van der Waals surface area contributed by atoms with Gasteiger partial charge in [0.15, 0.2) is 0 Å². The number of pyridine rings is 1. The summed E-state index contributed by atoms with van der Waals surface area (Å²) in [6, 6.07) is 1.96. The fraction of sp³-hybridized carbons (Fsp3) is 0.571. The maximum atomic E-state index is 11.9. The maximum Gasteiger partial charge on any atom is 0.340 e. The summed E-state index contributed by atoms with van der Waals surface area (Å²) in [7, 11) is 5.48. The molecule has 0 aromatic carbocycles. The number of anilines is 1. The number of halogens is 1.